The third kappa shape index (κ3) is 2.81. The highest BCUT2D eigenvalue weighted by Crippen LogP contribution is 2.26. The molecule has 2 atom stereocenters. The van der Waals surface area contributed by atoms with Crippen molar-refractivity contribution in [1.82, 2.24) is 0 Å². The molecule has 1 heterocycles. The molecule has 88 valence electrons. The summed E-state index contributed by atoms with van der Waals surface area (Å²) in [6, 6.07) is 6.72. The lowest BCUT2D eigenvalue weighted by atomic mass is 10.1. The van der Waals surface area contributed by atoms with Crippen molar-refractivity contribution < 1.29 is 13.9 Å². The molecule has 0 saturated carbocycles. The van der Waals surface area contributed by atoms with Gasteiger partial charge in [0.15, 0.2) is 0 Å². The van der Waals surface area contributed by atoms with E-state index in [1.54, 1.807) is 12.1 Å². The molecule has 0 aromatic heterocycles. The van der Waals surface area contributed by atoms with E-state index in [2.05, 4.69) is 15.9 Å². The van der Waals surface area contributed by atoms with Crippen molar-refractivity contribution >= 4 is 15.9 Å². The zero-order valence-electron chi connectivity index (χ0n) is 8.86. The number of benzene rings is 1. The first kappa shape index (κ1) is 12.0. The van der Waals surface area contributed by atoms with Crippen molar-refractivity contribution in [1.29, 1.82) is 0 Å². The first-order chi connectivity index (χ1) is 7.81. The zero-order chi connectivity index (χ0) is 11.4. The maximum absolute atomic E-state index is 13.6. The molecule has 0 N–H and O–H groups in total. The van der Waals surface area contributed by atoms with Crippen LogP contribution >= 0.6 is 15.9 Å². The molecule has 16 heavy (non-hydrogen) atoms. The van der Waals surface area contributed by atoms with Gasteiger partial charge in [-0.3, -0.25) is 0 Å². The molecule has 1 aromatic rings. The number of rotatable bonds is 4. The molecule has 2 rings (SSSR count). The minimum atomic E-state index is -0.243. The quantitative estimate of drug-likeness (QED) is 0.793. The Labute approximate surface area is 103 Å². The molecule has 1 aromatic carbocycles. The highest BCUT2D eigenvalue weighted by atomic mass is 79.9. The highest BCUT2D eigenvalue weighted by molar-refractivity contribution is 9.09. The van der Waals surface area contributed by atoms with E-state index in [-0.39, 0.29) is 18.0 Å². The summed E-state index contributed by atoms with van der Waals surface area (Å²) < 4.78 is 24.6. The van der Waals surface area contributed by atoms with Gasteiger partial charge in [-0.1, -0.05) is 34.1 Å². The normalized spacial score (nSPS) is 22.2. The summed E-state index contributed by atoms with van der Waals surface area (Å²) in [5.41, 5.74) is 0.603. The third-order valence-corrected chi connectivity index (χ3v) is 3.22. The number of ether oxygens (including phenoxy) is 2. The summed E-state index contributed by atoms with van der Waals surface area (Å²) in [6.45, 7) is 1.34. The largest absolute Gasteiger partial charge is 0.379 e. The van der Waals surface area contributed by atoms with Crippen LogP contribution in [-0.2, 0) is 9.47 Å². The van der Waals surface area contributed by atoms with E-state index in [9.17, 15) is 4.39 Å². The minimum Gasteiger partial charge on any atom is -0.379 e. The summed E-state index contributed by atoms with van der Waals surface area (Å²) in [6.07, 6.45) is 0.730. The van der Waals surface area contributed by atoms with Crippen LogP contribution in [0.2, 0.25) is 0 Å². The van der Waals surface area contributed by atoms with Crippen LogP contribution in [0.3, 0.4) is 0 Å². The maximum atomic E-state index is 13.6. The van der Waals surface area contributed by atoms with Gasteiger partial charge in [0.2, 0.25) is 0 Å². The standard InChI is InChI=1S/C12H14BrFO2/c13-7-12(16-9-5-6-15-8-9)10-3-1-2-4-11(10)14/h1-4,9,12H,5-8H2. The Morgan fingerprint density at radius 2 is 2.31 bits per heavy atom. The van der Waals surface area contributed by atoms with E-state index in [0.717, 1.165) is 13.0 Å². The van der Waals surface area contributed by atoms with E-state index in [0.29, 0.717) is 17.5 Å². The Kier molecular flexibility index (Phi) is 4.32. The molecule has 0 amide bonds. The van der Waals surface area contributed by atoms with Gasteiger partial charge in [0.1, 0.15) is 5.82 Å². The van der Waals surface area contributed by atoms with Crippen molar-refractivity contribution in [2.45, 2.75) is 18.6 Å². The van der Waals surface area contributed by atoms with E-state index < -0.39 is 0 Å². The fourth-order valence-corrected chi connectivity index (χ4v) is 2.28. The fourth-order valence-electron chi connectivity index (χ4n) is 1.78. The molecule has 0 radical (unpaired) electrons. The first-order valence-corrected chi connectivity index (χ1v) is 6.47. The van der Waals surface area contributed by atoms with Crippen LogP contribution in [-0.4, -0.2) is 24.6 Å². The topological polar surface area (TPSA) is 18.5 Å². The Hall–Kier alpha value is -0.450. The van der Waals surface area contributed by atoms with E-state index in [4.69, 9.17) is 9.47 Å². The van der Waals surface area contributed by atoms with Crippen molar-refractivity contribution in [2.24, 2.45) is 0 Å². The van der Waals surface area contributed by atoms with E-state index in [1.165, 1.54) is 6.07 Å². The predicted octanol–water partition coefficient (Wildman–Crippen LogP) is 3.07. The van der Waals surface area contributed by atoms with E-state index >= 15 is 0 Å². The molecular weight excluding hydrogens is 275 g/mol. The van der Waals surface area contributed by atoms with Crippen LogP contribution in [0.1, 0.15) is 18.1 Å². The maximum Gasteiger partial charge on any atom is 0.129 e. The van der Waals surface area contributed by atoms with Crippen LogP contribution < -0.4 is 0 Å². The lowest BCUT2D eigenvalue weighted by Crippen LogP contribution is -2.18. The molecule has 0 aliphatic carbocycles. The lowest BCUT2D eigenvalue weighted by molar-refractivity contribution is -0.00616. The van der Waals surface area contributed by atoms with Crippen LogP contribution in [0.15, 0.2) is 24.3 Å². The Bertz CT molecular complexity index is 340. The van der Waals surface area contributed by atoms with Crippen LogP contribution in [0.4, 0.5) is 4.39 Å². The van der Waals surface area contributed by atoms with Gasteiger partial charge in [-0.15, -0.1) is 0 Å². The lowest BCUT2D eigenvalue weighted by Gasteiger charge is -2.20. The van der Waals surface area contributed by atoms with Gasteiger partial charge in [-0.2, -0.15) is 0 Å². The van der Waals surface area contributed by atoms with Crippen molar-refractivity contribution in [3.05, 3.63) is 35.6 Å². The SMILES string of the molecule is Fc1ccccc1C(CBr)OC1CCOC1. The molecule has 2 nitrogen and oxygen atoms in total. The van der Waals surface area contributed by atoms with Gasteiger partial charge in [-0.25, -0.2) is 4.39 Å². The average molecular weight is 289 g/mol. The summed E-state index contributed by atoms with van der Waals surface area (Å²) in [4.78, 5) is 0. The van der Waals surface area contributed by atoms with Crippen LogP contribution in [0, 0.1) is 5.82 Å². The monoisotopic (exact) mass is 288 g/mol. The van der Waals surface area contributed by atoms with Crippen molar-refractivity contribution in [3.63, 3.8) is 0 Å². The summed E-state index contributed by atoms with van der Waals surface area (Å²) in [5, 5.41) is 0.588. The molecule has 4 heteroatoms. The van der Waals surface area contributed by atoms with Crippen molar-refractivity contribution in [2.75, 3.05) is 18.5 Å². The second-order valence-electron chi connectivity index (χ2n) is 3.79. The molecule has 0 spiro atoms. The molecule has 1 fully saturated rings. The zero-order valence-corrected chi connectivity index (χ0v) is 10.5. The molecule has 0 bridgehead atoms. The summed E-state index contributed by atoms with van der Waals surface area (Å²) in [7, 11) is 0. The summed E-state index contributed by atoms with van der Waals surface area (Å²) in [5.74, 6) is -0.217. The van der Waals surface area contributed by atoms with Crippen molar-refractivity contribution in [3.8, 4) is 0 Å². The number of hydrogen-bond donors (Lipinski definition) is 0. The molecule has 1 aliphatic heterocycles. The molecule has 1 saturated heterocycles. The van der Waals surface area contributed by atoms with Crippen LogP contribution in [0.25, 0.3) is 0 Å². The number of halogens is 2. The number of hydrogen-bond acceptors (Lipinski definition) is 2. The Morgan fingerprint density at radius 1 is 1.50 bits per heavy atom. The molecule has 2 unspecified atom stereocenters. The van der Waals surface area contributed by atoms with Gasteiger partial charge >= 0.3 is 0 Å². The molecule has 1 aliphatic rings. The number of alkyl halides is 1. The second kappa shape index (κ2) is 5.75. The van der Waals surface area contributed by atoms with Gasteiger partial charge in [0.05, 0.1) is 18.8 Å². The molecular formula is C12H14BrFO2. The smallest absolute Gasteiger partial charge is 0.129 e. The highest BCUT2D eigenvalue weighted by Gasteiger charge is 2.23. The fraction of sp³-hybridized carbons (Fsp3) is 0.500. The Morgan fingerprint density at radius 3 is 2.94 bits per heavy atom. The second-order valence-corrected chi connectivity index (χ2v) is 4.43. The van der Waals surface area contributed by atoms with Gasteiger partial charge < -0.3 is 9.47 Å². The van der Waals surface area contributed by atoms with Gasteiger partial charge in [-0.05, 0) is 12.5 Å². The van der Waals surface area contributed by atoms with E-state index in [1.807, 2.05) is 6.07 Å². The third-order valence-electron chi connectivity index (χ3n) is 2.64. The van der Waals surface area contributed by atoms with Gasteiger partial charge in [0, 0.05) is 17.5 Å². The first-order valence-electron chi connectivity index (χ1n) is 5.35. The minimum absolute atomic E-state index is 0.0853. The Balaban J connectivity index is 2.06. The van der Waals surface area contributed by atoms with Crippen LogP contribution in [0.5, 0.6) is 0 Å². The van der Waals surface area contributed by atoms with Gasteiger partial charge in [0.25, 0.3) is 0 Å². The predicted molar refractivity (Wildman–Crippen MR) is 63.2 cm³/mol. The summed E-state index contributed by atoms with van der Waals surface area (Å²) >= 11 is 3.36. The average Bonchev–Trinajstić information content (AvgIpc) is 2.80.